The molecule has 0 radical (unpaired) electrons. The van der Waals surface area contributed by atoms with Crippen LogP contribution in [0.5, 0.6) is 0 Å². The van der Waals surface area contributed by atoms with E-state index in [1.165, 1.54) is 23.3 Å². The molecule has 3 rings (SSSR count). The molecule has 108 valence electrons. The molecule has 0 unspecified atom stereocenters. The van der Waals surface area contributed by atoms with Crippen molar-refractivity contribution in [2.24, 2.45) is 0 Å². The van der Waals surface area contributed by atoms with Crippen LogP contribution in [0.4, 0.5) is 9.18 Å². The summed E-state index contributed by atoms with van der Waals surface area (Å²) in [7, 11) is 0. The Morgan fingerprint density at radius 2 is 1.95 bits per heavy atom. The van der Waals surface area contributed by atoms with Crippen LogP contribution in [0.2, 0.25) is 0 Å². The number of urea groups is 1. The highest BCUT2D eigenvalue weighted by atomic mass is 19.1. The molecule has 2 amide bonds. The second kappa shape index (κ2) is 5.95. The zero-order valence-electron chi connectivity index (χ0n) is 11.7. The fourth-order valence-electron chi connectivity index (χ4n) is 2.61. The average molecular weight is 284 g/mol. The lowest BCUT2D eigenvalue weighted by molar-refractivity contribution is 0.192. The number of carbonyl (C=O) groups excluding carboxylic acids is 1. The van der Waals surface area contributed by atoms with E-state index in [4.69, 9.17) is 0 Å². The zero-order chi connectivity index (χ0) is 14.7. The summed E-state index contributed by atoms with van der Waals surface area (Å²) in [5.74, 6) is -0.284. The first-order valence-corrected chi connectivity index (χ1v) is 7.06. The lowest BCUT2D eigenvalue weighted by atomic mass is 10.0. The lowest BCUT2D eigenvalue weighted by Gasteiger charge is -2.29. The van der Waals surface area contributed by atoms with Crippen molar-refractivity contribution >= 4 is 6.03 Å². The van der Waals surface area contributed by atoms with E-state index in [1.807, 2.05) is 12.1 Å². The van der Waals surface area contributed by atoms with E-state index in [1.54, 1.807) is 17.0 Å². The third kappa shape index (κ3) is 3.21. The van der Waals surface area contributed by atoms with E-state index in [-0.39, 0.29) is 11.8 Å². The van der Waals surface area contributed by atoms with E-state index in [9.17, 15) is 9.18 Å². The fraction of sp³-hybridized carbons (Fsp3) is 0.235. The van der Waals surface area contributed by atoms with Gasteiger partial charge in [0, 0.05) is 19.6 Å². The second-order valence-corrected chi connectivity index (χ2v) is 5.23. The van der Waals surface area contributed by atoms with Crippen molar-refractivity contribution in [1.82, 2.24) is 10.2 Å². The Hall–Kier alpha value is -2.36. The van der Waals surface area contributed by atoms with Gasteiger partial charge in [0.05, 0.1) is 0 Å². The van der Waals surface area contributed by atoms with Crippen molar-refractivity contribution < 1.29 is 9.18 Å². The minimum atomic E-state index is -0.284. The molecule has 21 heavy (non-hydrogen) atoms. The van der Waals surface area contributed by atoms with Crippen LogP contribution in [0.15, 0.2) is 48.5 Å². The van der Waals surface area contributed by atoms with Crippen LogP contribution in [-0.2, 0) is 19.5 Å². The van der Waals surface area contributed by atoms with Gasteiger partial charge in [-0.15, -0.1) is 0 Å². The quantitative estimate of drug-likeness (QED) is 0.903. The highest BCUT2D eigenvalue weighted by Crippen LogP contribution is 2.18. The number of carbonyl (C=O) groups is 1. The number of hydrogen-bond acceptors (Lipinski definition) is 1. The molecule has 1 aliphatic rings. The summed E-state index contributed by atoms with van der Waals surface area (Å²) in [6.45, 7) is 1.69. The topological polar surface area (TPSA) is 32.3 Å². The molecule has 0 fully saturated rings. The van der Waals surface area contributed by atoms with Crippen molar-refractivity contribution in [2.45, 2.75) is 19.5 Å². The molecule has 0 bridgehead atoms. The van der Waals surface area contributed by atoms with Gasteiger partial charge in [0.25, 0.3) is 0 Å². The van der Waals surface area contributed by atoms with Gasteiger partial charge in [0.1, 0.15) is 5.82 Å². The Morgan fingerprint density at radius 1 is 1.14 bits per heavy atom. The summed E-state index contributed by atoms with van der Waals surface area (Å²) in [6.07, 6.45) is 0.879. The Bertz CT molecular complexity index is 657. The molecule has 0 spiro atoms. The first kappa shape index (κ1) is 13.6. The van der Waals surface area contributed by atoms with Crippen molar-refractivity contribution in [3.05, 3.63) is 71.0 Å². The predicted molar refractivity (Wildman–Crippen MR) is 79.2 cm³/mol. The van der Waals surface area contributed by atoms with Gasteiger partial charge in [-0.3, -0.25) is 0 Å². The maximum atomic E-state index is 13.1. The molecule has 3 nitrogen and oxygen atoms in total. The molecule has 2 aromatic carbocycles. The molecule has 2 aromatic rings. The SMILES string of the molecule is O=C(NCc1cccc(F)c1)N1CCc2ccccc2C1. The highest BCUT2D eigenvalue weighted by molar-refractivity contribution is 5.74. The molecule has 0 saturated heterocycles. The van der Waals surface area contributed by atoms with Gasteiger partial charge in [0.15, 0.2) is 0 Å². The number of halogens is 1. The molecule has 1 aliphatic heterocycles. The van der Waals surface area contributed by atoms with Gasteiger partial charge >= 0.3 is 6.03 Å². The number of nitrogens with one attached hydrogen (secondary N) is 1. The Morgan fingerprint density at radius 3 is 2.76 bits per heavy atom. The first-order chi connectivity index (χ1) is 10.2. The molecule has 0 aliphatic carbocycles. The van der Waals surface area contributed by atoms with Crippen LogP contribution in [0.1, 0.15) is 16.7 Å². The van der Waals surface area contributed by atoms with Crippen molar-refractivity contribution in [2.75, 3.05) is 6.54 Å². The van der Waals surface area contributed by atoms with Gasteiger partial charge in [-0.05, 0) is 35.2 Å². The maximum Gasteiger partial charge on any atom is 0.317 e. The van der Waals surface area contributed by atoms with Gasteiger partial charge < -0.3 is 10.2 Å². The Kier molecular flexibility index (Phi) is 3.86. The van der Waals surface area contributed by atoms with E-state index in [0.717, 1.165) is 12.0 Å². The standard InChI is InChI=1S/C17H17FN2O/c18-16-7-3-4-13(10-16)11-19-17(21)20-9-8-14-5-1-2-6-15(14)12-20/h1-7,10H,8-9,11-12H2,(H,19,21). The van der Waals surface area contributed by atoms with E-state index in [2.05, 4.69) is 17.4 Å². The summed E-state index contributed by atoms with van der Waals surface area (Å²) in [6, 6.07) is 14.4. The predicted octanol–water partition coefficient (Wildman–Crippen LogP) is 3.09. The maximum absolute atomic E-state index is 13.1. The summed E-state index contributed by atoms with van der Waals surface area (Å²) >= 11 is 0. The molecular weight excluding hydrogens is 267 g/mol. The number of fused-ring (bicyclic) bond motifs is 1. The van der Waals surface area contributed by atoms with Crippen molar-refractivity contribution in [1.29, 1.82) is 0 Å². The van der Waals surface area contributed by atoms with Crippen molar-refractivity contribution in [3.63, 3.8) is 0 Å². The van der Waals surface area contributed by atoms with Crippen LogP contribution in [0.25, 0.3) is 0 Å². The highest BCUT2D eigenvalue weighted by Gasteiger charge is 2.19. The van der Waals surface area contributed by atoms with Gasteiger partial charge in [-0.2, -0.15) is 0 Å². The largest absolute Gasteiger partial charge is 0.334 e. The summed E-state index contributed by atoms with van der Waals surface area (Å²) in [5, 5.41) is 2.85. The fourth-order valence-corrected chi connectivity index (χ4v) is 2.61. The molecule has 0 atom stereocenters. The van der Waals surface area contributed by atoms with Gasteiger partial charge in [-0.25, -0.2) is 9.18 Å². The van der Waals surface area contributed by atoms with E-state index in [0.29, 0.717) is 19.6 Å². The van der Waals surface area contributed by atoms with Crippen molar-refractivity contribution in [3.8, 4) is 0 Å². The Balaban J connectivity index is 1.59. The number of nitrogens with zero attached hydrogens (tertiary/aromatic N) is 1. The van der Waals surface area contributed by atoms with Crippen LogP contribution in [0, 0.1) is 5.82 Å². The number of hydrogen-bond donors (Lipinski definition) is 1. The lowest BCUT2D eigenvalue weighted by Crippen LogP contribution is -2.42. The summed E-state index contributed by atoms with van der Waals surface area (Å²) in [5.41, 5.74) is 3.28. The van der Waals surface area contributed by atoms with Gasteiger partial charge in [-0.1, -0.05) is 36.4 Å². The van der Waals surface area contributed by atoms with E-state index >= 15 is 0 Å². The minimum Gasteiger partial charge on any atom is -0.334 e. The molecule has 1 heterocycles. The minimum absolute atomic E-state index is 0.103. The average Bonchev–Trinajstić information content (AvgIpc) is 2.52. The smallest absolute Gasteiger partial charge is 0.317 e. The van der Waals surface area contributed by atoms with Crippen LogP contribution in [-0.4, -0.2) is 17.5 Å². The third-order valence-electron chi connectivity index (χ3n) is 3.75. The zero-order valence-corrected chi connectivity index (χ0v) is 11.7. The molecule has 1 N–H and O–H groups in total. The van der Waals surface area contributed by atoms with Crippen LogP contribution >= 0.6 is 0 Å². The normalized spacial score (nSPS) is 13.7. The number of amides is 2. The van der Waals surface area contributed by atoms with E-state index < -0.39 is 0 Å². The third-order valence-corrected chi connectivity index (χ3v) is 3.75. The summed E-state index contributed by atoms with van der Waals surface area (Å²) < 4.78 is 13.1. The Labute approximate surface area is 123 Å². The summed E-state index contributed by atoms with van der Waals surface area (Å²) in [4.78, 5) is 14.0. The number of benzene rings is 2. The van der Waals surface area contributed by atoms with Gasteiger partial charge in [0.2, 0.25) is 0 Å². The molecular formula is C17H17FN2O. The molecule has 4 heteroatoms. The number of rotatable bonds is 2. The second-order valence-electron chi connectivity index (χ2n) is 5.23. The molecule has 0 aromatic heterocycles. The first-order valence-electron chi connectivity index (χ1n) is 7.06. The van der Waals surface area contributed by atoms with Crippen LogP contribution in [0.3, 0.4) is 0 Å². The monoisotopic (exact) mass is 284 g/mol. The van der Waals surface area contributed by atoms with Crippen LogP contribution < -0.4 is 5.32 Å². The molecule has 0 saturated carbocycles.